The van der Waals surface area contributed by atoms with Crippen molar-refractivity contribution >= 4 is 44.7 Å². The first-order valence-electron chi connectivity index (χ1n) is 7.92. The number of benzene rings is 2. The van der Waals surface area contributed by atoms with E-state index in [-0.39, 0.29) is 10.8 Å². The number of nitrogens with one attached hydrogen (secondary N) is 3. The summed E-state index contributed by atoms with van der Waals surface area (Å²) in [7, 11) is -3.43. The zero-order chi connectivity index (χ0) is 19.2. The highest BCUT2D eigenvalue weighted by atomic mass is 35.5. The number of hydrogen-bond donors (Lipinski definition) is 3. The minimum atomic E-state index is -3.43. The molecule has 2 aromatic rings. The Bertz CT molecular complexity index is 891. The SMILES string of the molecule is CCCCS(=O)(=O)Nc1cccc(NC(=O)Nc2ccc(F)c(Cl)c2)c1. The number of amides is 2. The molecular formula is C17H19ClFN3O3S. The highest BCUT2D eigenvalue weighted by molar-refractivity contribution is 7.92. The third-order valence-corrected chi connectivity index (χ3v) is 5.00. The first-order chi connectivity index (χ1) is 12.3. The Balaban J connectivity index is 2.01. The largest absolute Gasteiger partial charge is 0.323 e. The Labute approximate surface area is 156 Å². The summed E-state index contributed by atoms with van der Waals surface area (Å²) in [6.07, 6.45) is 1.34. The number of halogens is 2. The van der Waals surface area contributed by atoms with Crippen molar-refractivity contribution in [2.24, 2.45) is 0 Å². The van der Waals surface area contributed by atoms with E-state index >= 15 is 0 Å². The van der Waals surface area contributed by atoms with Gasteiger partial charge in [0.25, 0.3) is 0 Å². The van der Waals surface area contributed by atoms with Gasteiger partial charge in [-0.05, 0) is 42.8 Å². The lowest BCUT2D eigenvalue weighted by atomic mass is 10.3. The molecule has 9 heteroatoms. The maximum atomic E-state index is 13.1. The maximum Gasteiger partial charge on any atom is 0.323 e. The van der Waals surface area contributed by atoms with Crippen LogP contribution < -0.4 is 15.4 Å². The van der Waals surface area contributed by atoms with Crippen LogP contribution in [0.3, 0.4) is 0 Å². The Morgan fingerprint density at radius 3 is 2.38 bits per heavy atom. The van der Waals surface area contributed by atoms with E-state index in [4.69, 9.17) is 11.6 Å². The van der Waals surface area contributed by atoms with Gasteiger partial charge in [-0.15, -0.1) is 0 Å². The smallest absolute Gasteiger partial charge is 0.308 e. The second-order valence-corrected chi connectivity index (χ2v) is 7.81. The summed E-state index contributed by atoms with van der Waals surface area (Å²) in [6, 6.07) is 9.55. The van der Waals surface area contributed by atoms with E-state index in [2.05, 4.69) is 15.4 Å². The molecule has 26 heavy (non-hydrogen) atoms. The normalized spacial score (nSPS) is 11.0. The summed E-state index contributed by atoms with van der Waals surface area (Å²) in [6.45, 7) is 1.91. The molecule has 0 bridgehead atoms. The van der Waals surface area contributed by atoms with Crippen LogP contribution >= 0.6 is 11.6 Å². The quantitative estimate of drug-likeness (QED) is 0.632. The van der Waals surface area contributed by atoms with Crippen molar-refractivity contribution in [3.8, 4) is 0 Å². The van der Waals surface area contributed by atoms with Crippen molar-refractivity contribution < 1.29 is 17.6 Å². The Morgan fingerprint density at radius 2 is 1.73 bits per heavy atom. The topological polar surface area (TPSA) is 87.3 Å². The van der Waals surface area contributed by atoms with Crippen LogP contribution in [0, 0.1) is 5.82 Å². The summed E-state index contributed by atoms with van der Waals surface area (Å²) < 4.78 is 39.5. The zero-order valence-corrected chi connectivity index (χ0v) is 15.6. The summed E-state index contributed by atoms with van der Waals surface area (Å²) in [5.74, 6) is -0.548. The van der Waals surface area contributed by atoms with E-state index in [1.165, 1.54) is 18.2 Å². The monoisotopic (exact) mass is 399 g/mol. The molecule has 3 N–H and O–H groups in total. The molecule has 0 aliphatic rings. The molecule has 0 spiro atoms. The second kappa shape index (κ2) is 8.86. The average molecular weight is 400 g/mol. The number of carbonyl (C=O) groups is 1. The predicted molar refractivity (Wildman–Crippen MR) is 103 cm³/mol. The lowest BCUT2D eigenvalue weighted by Crippen LogP contribution is -2.20. The van der Waals surface area contributed by atoms with Crippen LogP contribution in [0.15, 0.2) is 42.5 Å². The summed E-state index contributed by atoms with van der Waals surface area (Å²) >= 11 is 5.66. The van der Waals surface area contributed by atoms with Crippen LogP contribution in [0.5, 0.6) is 0 Å². The van der Waals surface area contributed by atoms with Crippen molar-refractivity contribution in [2.45, 2.75) is 19.8 Å². The fraction of sp³-hybridized carbons (Fsp3) is 0.235. The number of rotatable bonds is 7. The highest BCUT2D eigenvalue weighted by Crippen LogP contribution is 2.20. The fourth-order valence-corrected chi connectivity index (χ4v) is 3.53. The molecule has 2 amide bonds. The van der Waals surface area contributed by atoms with E-state index in [1.54, 1.807) is 18.2 Å². The van der Waals surface area contributed by atoms with E-state index in [9.17, 15) is 17.6 Å². The predicted octanol–water partition coefficient (Wildman–Crippen LogP) is 4.66. The molecule has 0 unspecified atom stereocenters. The number of sulfonamides is 1. The van der Waals surface area contributed by atoms with Crippen molar-refractivity contribution in [3.63, 3.8) is 0 Å². The van der Waals surface area contributed by atoms with Crippen molar-refractivity contribution in [1.82, 2.24) is 0 Å². The maximum absolute atomic E-state index is 13.1. The third kappa shape index (κ3) is 6.20. The Morgan fingerprint density at radius 1 is 1.08 bits per heavy atom. The second-order valence-electron chi connectivity index (χ2n) is 5.56. The van der Waals surface area contributed by atoms with Crippen molar-refractivity contribution in [1.29, 1.82) is 0 Å². The lowest BCUT2D eigenvalue weighted by Gasteiger charge is -2.11. The van der Waals surface area contributed by atoms with Gasteiger partial charge in [-0.25, -0.2) is 17.6 Å². The molecule has 2 rings (SSSR count). The number of carbonyl (C=O) groups excluding carboxylic acids is 1. The molecule has 0 aromatic heterocycles. The van der Waals surface area contributed by atoms with Crippen molar-refractivity contribution in [3.05, 3.63) is 53.3 Å². The number of urea groups is 1. The Hall–Kier alpha value is -2.32. The number of unbranched alkanes of at least 4 members (excludes halogenated alkanes) is 1. The van der Waals surface area contributed by atoms with Crippen LogP contribution in [0.25, 0.3) is 0 Å². The van der Waals surface area contributed by atoms with Crippen LogP contribution in [0.2, 0.25) is 5.02 Å². The summed E-state index contributed by atoms with van der Waals surface area (Å²) in [5, 5.41) is 4.98. The van der Waals surface area contributed by atoms with Gasteiger partial charge in [0.15, 0.2) is 0 Å². The molecule has 140 valence electrons. The van der Waals surface area contributed by atoms with Gasteiger partial charge in [0.2, 0.25) is 10.0 Å². The van der Waals surface area contributed by atoms with Gasteiger partial charge in [0.05, 0.1) is 16.5 Å². The van der Waals surface area contributed by atoms with Gasteiger partial charge < -0.3 is 10.6 Å². The fourth-order valence-electron chi connectivity index (χ4n) is 2.09. The van der Waals surface area contributed by atoms with E-state index in [0.717, 1.165) is 12.5 Å². The van der Waals surface area contributed by atoms with Gasteiger partial charge in [0, 0.05) is 11.4 Å². The van der Waals surface area contributed by atoms with Crippen LogP contribution in [-0.2, 0) is 10.0 Å². The molecule has 0 saturated carbocycles. The molecule has 0 fully saturated rings. The van der Waals surface area contributed by atoms with Gasteiger partial charge >= 0.3 is 6.03 Å². The number of anilines is 3. The van der Waals surface area contributed by atoms with Gasteiger partial charge in [0.1, 0.15) is 5.82 Å². The first-order valence-corrected chi connectivity index (χ1v) is 9.95. The zero-order valence-electron chi connectivity index (χ0n) is 14.1. The van der Waals surface area contributed by atoms with E-state index < -0.39 is 21.9 Å². The standard InChI is InChI=1S/C17H19ClFN3O3S/c1-2-3-9-26(24,25)22-14-6-4-5-12(10-14)20-17(23)21-13-7-8-16(19)15(18)11-13/h4-8,10-11,22H,2-3,9H2,1H3,(H2,20,21,23). The van der Waals surface area contributed by atoms with Crippen molar-refractivity contribution in [2.75, 3.05) is 21.1 Å². The summed E-state index contributed by atoms with van der Waals surface area (Å²) in [4.78, 5) is 12.0. The molecule has 2 aromatic carbocycles. The van der Waals surface area contributed by atoms with Crippen LogP contribution in [-0.4, -0.2) is 20.2 Å². The van der Waals surface area contributed by atoms with Crippen LogP contribution in [0.1, 0.15) is 19.8 Å². The molecule has 0 saturated heterocycles. The molecular weight excluding hydrogens is 381 g/mol. The molecule has 0 atom stereocenters. The van der Waals surface area contributed by atoms with E-state index in [1.807, 2.05) is 6.92 Å². The Kier molecular flexibility index (Phi) is 6.82. The van der Waals surface area contributed by atoms with Crippen LogP contribution in [0.4, 0.5) is 26.2 Å². The number of hydrogen-bond acceptors (Lipinski definition) is 3. The van der Waals surface area contributed by atoms with Gasteiger partial charge in [-0.2, -0.15) is 0 Å². The molecule has 0 aliphatic carbocycles. The van der Waals surface area contributed by atoms with Gasteiger partial charge in [-0.3, -0.25) is 4.72 Å². The highest BCUT2D eigenvalue weighted by Gasteiger charge is 2.11. The van der Waals surface area contributed by atoms with Gasteiger partial charge in [-0.1, -0.05) is 31.0 Å². The molecule has 0 radical (unpaired) electrons. The van der Waals surface area contributed by atoms with E-state index in [0.29, 0.717) is 23.5 Å². The average Bonchev–Trinajstić information content (AvgIpc) is 2.56. The molecule has 6 nitrogen and oxygen atoms in total. The minimum Gasteiger partial charge on any atom is -0.308 e. The minimum absolute atomic E-state index is 0.0347. The third-order valence-electron chi connectivity index (χ3n) is 3.34. The molecule has 0 aliphatic heterocycles. The lowest BCUT2D eigenvalue weighted by molar-refractivity contribution is 0.262. The first kappa shape index (κ1) is 20.0. The molecule has 0 heterocycles. The summed E-state index contributed by atoms with van der Waals surface area (Å²) in [5.41, 5.74) is 1.07.